The highest BCUT2D eigenvalue weighted by atomic mass is 35.5. The minimum Gasteiger partial charge on any atom is -0.495 e. The molecule has 0 N–H and O–H groups in total. The summed E-state index contributed by atoms with van der Waals surface area (Å²) in [4.78, 5) is 26.0. The molecule has 3 rings (SSSR count). The maximum Gasteiger partial charge on any atom is 0.329 e. The van der Waals surface area contributed by atoms with Crippen LogP contribution in [0, 0.1) is 0 Å². The number of aromatic nitrogens is 4. The summed E-state index contributed by atoms with van der Waals surface area (Å²) in [6, 6.07) is 5.87. The molecule has 3 aromatic rings. The minimum absolute atomic E-state index is 0.285. The number of benzene rings is 1. The van der Waals surface area contributed by atoms with E-state index in [2.05, 4.69) is 10.2 Å². The predicted octanol–water partition coefficient (Wildman–Crippen LogP) is 3.68. The fraction of sp³-hybridized carbons (Fsp3) is 0.391. The van der Waals surface area contributed by atoms with E-state index in [0.29, 0.717) is 28.5 Å². The van der Waals surface area contributed by atoms with Gasteiger partial charge in [0, 0.05) is 42.4 Å². The molecule has 10 heteroatoms. The number of carbonyl (C=O) groups is 1. The van der Waals surface area contributed by atoms with Crippen molar-refractivity contribution in [2.24, 2.45) is 0 Å². The highest BCUT2D eigenvalue weighted by Crippen LogP contribution is 2.35. The largest absolute Gasteiger partial charge is 0.495 e. The zero-order valence-electron chi connectivity index (χ0n) is 18.9. The van der Waals surface area contributed by atoms with Gasteiger partial charge in [0.2, 0.25) is 0 Å². The van der Waals surface area contributed by atoms with E-state index >= 15 is 0 Å². The summed E-state index contributed by atoms with van der Waals surface area (Å²) >= 11 is 6.26. The normalized spacial score (nSPS) is 11.9. The fourth-order valence-electron chi connectivity index (χ4n) is 3.43. The van der Waals surface area contributed by atoms with Gasteiger partial charge in [-0.05, 0) is 24.6 Å². The van der Waals surface area contributed by atoms with Crippen LogP contribution in [0.1, 0.15) is 32.2 Å². The summed E-state index contributed by atoms with van der Waals surface area (Å²) in [6.45, 7) is 2.60. The van der Waals surface area contributed by atoms with Crippen molar-refractivity contribution in [3.63, 3.8) is 0 Å². The smallest absolute Gasteiger partial charge is 0.329 e. The van der Waals surface area contributed by atoms with Crippen molar-refractivity contribution in [3.05, 3.63) is 58.5 Å². The van der Waals surface area contributed by atoms with Gasteiger partial charge in [-0.1, -0.05) is 24.9 Å². The third kappa shape index (κ3) is 5.80. The Morgan fingerprint density at radius 3 is 2.55 bits per heavy atom. The Balaban J connectivity index is 2.08. The molecule has 0 aliphatic rings. The number of esters is 1. The van der Waals surface area contributed by atoms with Crippen LogP contribution in [0.4, 0.5) is 0 Å². The molecule has 2 heterocycles. The molecule has 0 saturated heterocycles. The molecule has 0 amide bonds. The molecule has 1 aromatic carbocycles. The van der Waals surface area contributed by atoms with E-state index in [-0.39, 0.29) is 18.6 Å². The van der Waals surface area contributed by atoms with Gasteiger partial charge in [0.15, 0.2) is 0 Å². The number of rotatable bonds is 11. The summed E-state index contributed by atoms with van der Waals surface area (Å²) in [5, 5.41) is 8.19. The van der Waals surface area contributed by atoms with Gasteiger partial charge in [-0.15, -0.1) is 10.2 Å². The van der Waals surface area contributed by atoms with Crippen molar-refractivity contribution in [1.82, 2.24) is 19.3 Å². The Morgan fingerprint density at radius 2 is 1.88 bits per heavy atom. The van der Waals surface area contributed by atoms with Crippen LogP contribution in [0.15, 0.2) is 47.9 Å². The first-order valence-corrected chi connectivity index (χ1v) is 11.0. The second-order valence-corrected chi connectivity index (χ2v) is 7.79. The average molecular weight is 475 g/mol. The van der Waals surface area contributed by atoms with Crippen molar-refractivity contribution in [3.8, 4) is 22.6 Å². The first-order chi connectivity index (χ1) is 16.0. The monoisotopic (exact) mass is 474 g/mol. The van der Waals surface area contributed by atoms with Crippen LogP contribution in [0.25, 0.3) is 16.8 Å². The summed E-state index contributed by atoms with van der Waals surface area (Å²) in [5.74, 6) is -0.0831. The minimum atomic E-state index is -0.839. The summed E-state index contributed by atoms with van der Waals surface area (Å²) in [6.07, 6.45) is 6.55. The van der Waals surface area contributed by atoms with Crippen molar-refractivity contribution >= 4 is 17.6 Å². The maximum atomic E-state index is 13.2. The van der Waals surface area contributed by atoms with Crippen molar-refractivity contribution in [2.45, 2.75) is 32.2 Å². The van der Waals surface area contributed by atoms with E-state index in [1.807, 2.05) is 6.92 Å². The van der Waals surface area contributed by atoms with E-state index in [4.69, 9.17) is 25.8 Å². The van der Waals surface area contributed by atoms with Crippen molar-refractivity contribution in [1.29, 1.82) is 0 Å². The molecule has 2 aromatic heterocycles. The van der Waals surface area contributed by atoms with Gasteiger partial charge in [-0.25, -0.2) is 4.79 Å². The summed E-state index contributed by atoms with van der Waals surface area (Å²) in [7, 11) is 3.04. The number of hydrogen-bond acceptors (Lipinski definition) is 7. The van der Waals surface area contributed by atoms with Gasteiger partial charge in [0.1, 0.15) is 24.4 Å². The van der Waals surface area contributed by atoms with E-state index in [1.54, 1.807) is 35.4 Å². The zero-order valence-corrected chi connectivity index (χ0v) is 19.6. The molecule has 0 saturated carbocycles. The third-order valence-corrected chi connectivity index (χ3v) is 5.39. The Bertz CT molecular complexity index is 1130. The van der Waals surface area contributed by atoms with Crippen LogP contribution < -0.4 is 10.3 Å². The topological polar surface area (TPSA) is 97.5 Å². The standard InChI is InChI=1S/C23H27ClN4O5/c1-4-5-9-33-23(30)20(8-10-31-2)28-13-21(32-3)18(12-22(28)29)17-11-16(24)6-7-19(17)27-14-25-26-15-27/h6-7,11-15,20H,4-5,8-10H2,1-3H3. The molecule has 176 valence electrons. The van der Waals surface area contributed by atoms with Crippen molar-refractivity contribution < 1.29 is 19.0 Å². The van der Waals surface area contributed by atoms with Crippen LogP contribution in [0.2, 0.25) is 5.02 Å². The lowest BCUT2D eigenvalue weighted by molar-refractivity contribution is -0.148. The SMILES string of the molecule is CCCCOC(=O)C(CCOC)n1cc(OC)c(-c2cc(Cl)ccc2-n2cnnc2)cc1=O. The van der Waals surface area contributed by atoms with Crippen molar-refractivity contribution in [2.75, 3.05) is 27.4 Å². The third-order valence-electron chi connectivity index (χ3n) is 5.16. The van der Waals surface area contributed by atoms with Gasteiger partial charge in [-0.3, -0.25) is 13.9 Å². The molecule has 0 spiro atoms. The van der Waals surface area contributed by atoms with E-state index in [1.165, 1.54) is 31.0 Å². The molecule has 0 fully saturated rings. The van der Waals surface area contributed by atoms with Crippen LogP contribution in [-0.4, -0.2) is 52.7 Å². The summed E-state index contributed by atoms with van der Waals surface area (Å²) in [5.41, 5.74) is 1.51. The number of nitrogens with zero attached hydrogens (tertiary/aromatic N) is 4. The van der Waals surface area contributed by atoms with Gasteiger partial charge in [-0.2, -0.15) is 0 Å². The molecule has 33 heavy (non-hydrogen) atoms. The lowest BCUT2D eigenvalue weighted by atomic mass is 10.0. The quantitative estimate of drug-likeness (QED) is 0.309. The molecule has 1 atom stereocenters. The van der Waals surface area contributed by atoms with Gasteiger partial charge < -0.3 is 14.2 Å². The van der Waals surface area contributed by atoms with Crippen LogP contribution in [-0.2, 0) is 14.3 Å². The molecule has 0 radical (unpaired) electrons. The molecular weight excluding hydrogens is 448 g/mol. The molecule has 1 unspecified atom stereocenters. The molecule has 0 aliphatic carbocycles. The number of carbonyl (C=O) groups excluding carboxylic acids is 1. The predicted molar refractivity (Wildman–Crippen MR) is 124 cm³/mol. The number of methoxy groups -OCH3 is 2. The van der Waals surface area contributed by atoms with Gasteiger partial charge >= 0.3 is 5.97 Å². The molecule has 0 bridgehead atoms. The van der Waals surface area contributed by atoms with Crippen LogP contribution >= 0.6 is 11.6 Å². The average Bonchev–Trinajstić information content (AvgIpc) is 3.34. The second-order valence-electron chi connectivity index (χ2n) is 7.35. The maximum absolute atomic E-state index is 13.2. The lowest BCUT2D eigenvalue weighted by Gasteiger charge is -2.21. The molecular formula is C23H27ClN4O5. The molecule has 9 nitrogen and oxygen atoms in total. The Labute approximate surface area is 196 Å². The zero-order chi connectivity index (χ0) is 23.8. The number of hydrogen-bond donors (Lipinski definition) is 0. The highest BCUT2D eigenvalue weighted by Gasteiger charge is 2.25. The van der Waals surface area contributed by atoms with Crippen LogP contribution in [0.3, 0.4) is 0 Å². The fourth-order valence-corrected chi connectivity index (χ4v) is 3.60. The molecule has 0 aliphatic heterocycles. The first kappa shape index (κ1) is 24.5. The highest BCUT2D eigenvalue weighted by molar-refractivity contribution is 6.31. The number of ether oxygens (including phenoxy) is 3. The first-order valence-electron chi connectivity index (χ1n) is 10.6. The van der Waals surface area contributed by atoms with E-state index in [0.717, 1.165) is 18.5 Å². The number of pyridine rings is 1. The Morgan fingerprint density at radius 1 is 1.12 bits per heavy atom. The Hall–Kier alpha value is -3.17. The number of unbranched alkanes of at least 4 members (excludes halogenated alkanes) is 1. The van der Waals surface area contributed by atoms with Gasteiger partial charge in [0.05, 0.1) is 25.6 Å². The lowest BCUT2D eigenvalue weighted by Crippen LogP contribution is -2.32. The van der Waals surface area contributed by atoms with E-state index in [9.17, 15) is 9.59 Å². The second kappa shape index (κ2) is 11.6. The van der Waals surface area contributed by atoms with Crippen LogP contribution in [0.5, 0.6) is 5.75 Å². The Kier molecular flexibility index (Phi) is 8.62. The van der Waals surface area contributed by atoms with E-state index < -0.39 is 12.0 Å². The summed E-state index contributed by atoms with van der Waals surface area (Å²) < 4.78 is 19.2. The number of halogens is 1. The van der Waals surface area contributed by atoms with Gasteiger partial charge in [0.25, 0.3) is 5.56 Å².